The normalized spacial score (nSPS) is 9.67. The van der Waals surface area contributed by atoms with Crippen LogP contribution in [0.3, 0.4) is 0 Å². The molecule has 0 saturated heterocycles. The third-order valence-corrected chi connectivity index (χ3v) is 0.612. The van der Waals surface area contributed by atoms with Crippen LogP contribution < -0.4 is 0 Å². The van der Waals surface area contributed by atoms with Crippen molar-refractivity contribution in [3.63, 3.8) is 0 Å². The lowest BCUT2D eigenvalue weighted by Crippen LogP contribution is -1.52. The van der Waals surface area contributed by atoms with Gasteiger partial charge in [-0.2, -0.15) is 0 Å². The largest absolute Gasteiger partial charge is 0.0961 e. The van der Waals surface area contributed by atoms with Crippen LogP contribution in [0.25, 0.3) is 0 Å². The predicted molar refractivity (Wildman–Crippen MR) is 32.9 cm³/mol. The van der Waals surface area contributed by atoms with Gasteiger partial charge in [0, 0.05) is 0 Å². The number of allylic oxidation sites excluding steroid dienone is 2. The van der Waals surface area contributed by atoms with E-state index in [4.69, 9.17) is 0 Å². The summed E-state index contributed by atoms with van der Waals surface area (Å²) in [5, 5.41) is 0. The maximum Gasteiger partial charge on any atom is -0.0186 e. The van der Waals surface area contributed by atoms with Crippen molar-refractivity contribution in [3.8, 4) is 0 Å². The zero-order valence-corrected chi connectivity index (χ0v) is 5.33. The van der Waals surface area contributed by atoms with Gasteiger partial charge in [0.1, 0.15) is 0 Å². The summed E-state index contributed by atoms with van der Waals surface area (Å²) in [7, 11) is 0. The van der Waals surface area contributed by atoms with E-state index in [1.807, 2.05) is 13.0 Å². The Morgan fingerprint density at radius 2 is 2.33 bits per heavy atom. The molecule has 0 spiro atoms. The second-order valence-electron chi connectivity index (χ2n) is 1.14. The third kappa shape index (κ3) is 3.96. The van der Waals surface area contributed by atoms with E-state index in [0.29, 0.717) is 0 Å². The molecule has 0 aliphatic heterocycles. The van der Waals surface area contributed by atoms with Crippen LogP contribution in [-0.2, 0) is 0 Å². The van der Waals surface area contributed by atoms with Crippen LogP contribution in [0.2, 0.25) is 0 Å². The van der Waals surface area contributed by atoms with Gasteiger partial charge in [0.2, 0.25) is 0 Å². The van der Waals surface area contributed by atoms with E-state index in [1.54, 1.807) is 4.99 Å². The monoisotopic (exact) mass is 146 g/mol. The molecule has 0 fully saturated rings. The highest BCUT2D eigenvalue weighted by atomic mass is 79.9. The zero-order valence-electron chi connectivity index (χ0n) is 3.74. The lowest BCUT2D eigenvalue weighted by Gasteiger charge is -1.74. The molecule has 0 aromatic heterocycles. The van der Waals surface area contributed by atoms with Crippen LogP contribution in [0.4, 0.5) is 0 Å². The number of hydrogen-bond donors (Lipinski definition) is 0. The molecule has 6 heavy (non-hydrogen) atoms. The first-order valence-corrected chi connectivity index (χ1v) is 2.61. The molecule has 0 radical (unpaired) electrons. The molecule has 34 valence electrons. The minimum absolute atomic E-state index is 1.06. The fourth-order valence-corrected chi connectivity index (χ4v) is 0.559. The summed E-state index contributed by atoms with van der Waals surface area (Å²) < 4.78 is 0. The van der Waals surface area contributed by atoms with E-state index in [9.17, 15) is 0 Å². The van der Waals surface area contributed by atoms with Gasteiger partial charge in [-0.3, -0.25) is 0 Å². The smallest absolute Gasteiger partial charge is 0.0186 e. The van der Waals surface area contributed by atoms with Gasteiger partial charge in [-0.15, -0.1) is 0 Å². The summed E-state index contributed by atoms with van der Waals surface area (Å²) in [6.45, 7) is 5.57. The van der Waals surface area contributed by atoms with Gasteiger partial charge in [-0.25, -0.2) is 0 Å². The average Bonchev–Trinajstić information content (AvgIpc) is 1.35. The highest BCUT2D eigenvalue weighted by molar-refractivity contribution is 9.11. The molecule has 0 aromatic carbocycles. The predicted octanol–water partition coefficient (Wildman–Crippen LogP) is 2.47. The number of hydrogen-bond acceptors (Lipinski definition) is 0. The summed E-state index contributed by atoms with van der Waals surface area (Å²) in [5.41, 5.74) is 1.06. The lowest BCUT2D eigenvalue weighted by molar-refractivity contribution is 1.58. The molecule has 0 atom stereocenters. The van der Waals surface area contributed by atoms with Gasteiger partial charge < -0.3 is 0 Å². The summed E-state index contributed by atoms with van der Waals surface area (Å²) in [5.74, 6) is 0. The fraction of sp³-hybridized carbons (Fsp3) is 0.200. The summed E-state index contributed by atoms with van der Waals surface area (Å²) >= 11 is 3.11. The van der Waals surface area contributed by atoms with Crippen molar-refractivity contribution in [1.29, 1.82) is 0 Å². The van der Waals surface area contributed by atoms with Gasteiger partial charge in [0.05, 0.1) is 0 Å². The fourth-order valence-electron chi connectivity index (χ4n) is 0.108. The summed E-state index contributed by atoms with van der Waals surface area (Å²) in [4.78, 5) is 1.79. The van der Waals surface area contributed by atoms with E-state index in [1.165, 1.54) is 0 Å². The molecular weight excluding hydrogens is 140 g/mol. The number of halogens is 1. The van der Waals surface area contributed by atoms with Crippen molar-refractivity contribution in [3.05, 3.63) is 23.2 Å². The van der Waals surface area contributed by atoms with Gasteiger partial charge >= 0.3 is 0 Å². The Balaban J connectivity index is 3.30. The van der Waals surface area contributed by atoms with Crippen molar-refractivity contribution >= 4 is 15.9 Å². The molecule has 0 saturated carbocycles. The highest BCUT2D eigenvalue weighted by Gasteiger charge is 1.64. The minimum atomic E-state index is 1.06. The second-order valence-corrected chi connectivity index (χ2v) is 1.67. The Morgan fingerprint density at radius 3 is 2.33 bits per heavy atom. The third-order valence-electron chi connectivity index (χ3n) is 0.348. The molecule has 0 aliphatic rings. The molecular formula is C5H7Br. The van der Waals surface area contributed by atoms with Crippen LogP contribution in [0.1, 0.15) is 6.92 Å². The Kier molecular flexibility index (Phi) is 3.14. The van der Waals surface area contributed by atoms with Gasteiger partial charge in [-0.1, -0.05) is 34.2 Å². The first kappa shape index (κ1) is 5.96. The molecule has 0 aromatic rings. The van der Waals surface area contributed by atoms with E-state index >= 15 is 0 Å². The standard InChI is InChI=1S/C5H7Br/c1-5(2)3-4-6/h3-4H,1H2,2H3/b4-3+. The molecule has 0 amide bonds. The Bertz CT molecular complexity index is 72.0. The van der Waals surface area contributed by atoms with Crippen molar-refractivity contribution in [2.24, 2.45) is 0 Å². The molecule has 0 N–H and O–H groups in total. The maximum atomic E-state index is 3.63. The van der Waals surface area contributed by atoms with Crippen molar-refractivity contribution in [2.45, 2.75) is 6.92 Å². The van der Waals surface area contributed by atoms with Crippen LogP contribution >= 0.6 is 15.9 Å². The molecule has 0 bridgehead atoms. The Hall–Kier alpha value is -0.0400. The van der Waals surface area contributed by atoms with E-state index in [-0.39, 0.29) is 0 Å². The first-order valence-electron chi connectivity index (χ1n) is 1.69. The summed E-state index contributed by atoms with van der Waals surface area (Å²) in [6.07, 6.45) is 1.89. The second kappa shape index (κ2) is 3.16. The van der Waals surface area contributed by atoms with E-state index in [2.05, 4.69) is 22.5 Å². The van der Waals surface area contributed by atoms with Crippen LogP contribution in [0.5, 0.6) is 0 Å². The maximum absolute atomic E-state index is 3.63. The average molecular weight is 147 g/mol. The molecule has 0 nitrogen and oxygen atoms in total. The molecule has 0 rings (SSSR count). The molecule has 0 unspecified atom stereocenters. The van der Waals surface area contributed by atoms with Crippen LogP contribution in [0, 0.1) is 0 Å². The van der Waals surface area contributed by atoms with E-state index < -0.39 is 0 Å². The molecule has 0 heterocycles. The Labute approximate surface area is 46.7 Å². The van der Waals surface area contributed by atoms with Crippen LogP contribution in [0.15, 0.2) is 23.2 Å². The summed E-state index contributed by atoms with van der Waals surface area (Å²) in [6, 6.07) is 0. The quantitative estimate of drug-likeness (QED) is 0.499. The first-order chi connectivity index (χ1) is 2.77. The topological polar surface area (TPSA) is 0 Å². The minimum Gasteiger partial charge on any atom is -0.0961 e. The highest BCUT2D eigenvalue weighted by Crippen LogP contribution is 1.90. The number of rotatable bonds is 1. The SMILES string of the molecule is C=C(C)/C=C/Br. The van der Waals surface area contributed by atoms with Gasteiger partial charge in [0.25, 0.3) is 0 Å². The van der Waals surface area contributed by atoms with Crippen molar-refractivity contribution in [1.82, 2.24) is 0 Å². The van der Waals surface area contributed by atoms with Crippen LogP contribution in [-0.4, -0.2) is 0 Å². The molecule has 1 heteroatoms. The van der Waals surface area contributed by atoms with Crippen molar-refractivity contribution < 1.29 is 0 Å². The van der Waals surface area contributed by atoms with E-state index in [0.717, 1.165) is 5.57 Å². The molecule has 0 aliphatic carbocycles. The lowest BCUT2D eigenvalue weighted by atomic mass is 10.4. The zero-order chi connectivity index (χ0) is 4.99. The Morgan fingerprint density at radius 1 is 1.83 bits per heavy atom. The van der Waals surface area contributed by atoms with Gasteiger partial charge in [-0.05, 0) is 11.9 Å². The van der Waals surface area contributed by atoms with Gasteiger partial charge in [0.15, 0.2) is 0 Å². The van der Waals surface area contributed by atoms with Crippen molar-refractivity contribution in [2.75, 3.05) is 0 Å².